The summed E-state index contributed by atoms with van der Waals surface area (Å²) >= 11 is 0. The molecule has 0 saturated carbocycles. The van der Waals surface area contributed by atoms with Gasteiger partial charge in [0.15, 0.2) is 6.10 Å². The van der Waals surface area contributed by atoms with E-state index in [1.54, 1.807) is 19.1 Å². The van der Waals surface area contributed by atoms with Crippen LogP contribution in [0.15, 0.2) is 47.4 Å². The van der Waals surface area contributed by atoms with Crippen LogP contribution < -0.4 is 14.8 Å². The minimum Gasteiger partial charge on any atom is -0.492 e. The number of nitrogens with one attached hydrogen (secondary N) is 1. The maximum absolute atomic E-state index is 12.7. The number of nitrogens with zero attached hydrogens (tertiary/aromatic N) is 1. The summed E-state index contributed by atoms with van der Waals surface area (Å²) in [5.41, 5.74) is 2.14. The van der Waals surface area contributed by atoms with Crippen molar-refractivity contribution in [2.45, 2.75) is 44.6 Å². The number of rotatable bonds is 10. The zero-order valence-corrected chi connectivity index (χ0v) is 21.1. The molecule has 34 heavy (non-hydrogen) atoms. The van der Waals surface area contributed by atoms with Crippen LogP contribution >= 0.6 is 0 Å². The first kappa shape index (κ1) is 26.0. The van der Waals surface area contributed by atoms with E-state index < -0.39 is 16.1 Å². The van der Waals surface area contributed by atoms with Crippen LogP contribution in [-0.4, -0.2) is 64.2 Å². The highest BCUT2D eigenvalue weighted by atomic mass is 32.2. The Balaban J connectivity index is 1.46. The topological polar surface area (TPSA) is 94.2 Å². The normalized spacial score (nSPS) is 15.7. The third-order valence-corrected chi connectivity index (χ3v) is 7.48. The second-order valence-electron chi connectivity index (χ2n) is 8.58. The molecule has 1 aliphatic heterocycles. The Kier molecular flexibility index (Phi) is 8.93. The van der Waals surface area contributed by atoms with Crippen molar-refractivity contribution in [1.29, 1.82) is 0 Å². The summed E-state index contributed by atoms with van der Waals surface area (Å²) in [6.07, 6.45) is -0.649. The summed E-state index contributed by atoms with van der Waals surface area (Å²) in [5.74, 6) is 1.31. The lowest BCUT2D eigenvalue weighted by molar-refractivity contribution is -0.127. The fourth-order valence-corrected chi connectivity index (χ4v) is 5.00. The molecule has 3 rings (SSSR count). The molecule has 0 bridgehead atoms. The third kappa shape index (κ3) is 6.71. The lowest BCUT2D eigenvalue weighted by Crippen LogP contribution is -2.40. The largest absolute Gasteiger partial charge is 0.492 e. The molecule has 0 spiro atoms. The van der Waals surface area contributed by atoms with Crippen LogP contribution in [0.2, 0.25) is 0 Å². The van der Waals surface area contributed by atoms with Crippen molar-refractivity contribution in [2.24, 2.45) is 0 Å². The first-order valence-electron chi connectivity index (χ1n) is 11.5. The van der Waals surface area contributed by atoms with Crippen molar-refractivity contribution in [3.05, 3.63) is 53.6 Å². The number of carbonyl (C=O) groups is 1. The van der Waals surface area contributed by atoms with Crippen LogP contribution in [-0.2, 0) is 19.6 Å². The van der Waals surface area contributed by atoms with Crippen molar-refractivity contribution < 1.29 is 27.4 Å². The van der Waals surface area contributed by atoms with Gasteiger partial charge < -0.3 is 19.5 Å². The van der Waals surface area contributed by atoms with Crippen LogP contribution in [0.1, 0.15) is 37.8 Å². The number of benzene rings is 2. The molecule has 0 unspecified atom stereocenters. The van der Waals surface area contributed by atoms with Gasteiger partial charge in [-0.2, -0.15) is 4.31 Å². The number of aryl methyl sites for hydroxylation is 1. The molecule has 186 valence electrons. The lowest BCUT2D eigenvalue weighted by Gasteiger charge is -2.26. The summed E-state index contributed by atoms with van der Waals surface area (Å²) in [4.78, 5) is 12.7. The van der Waals surface area contributed by atoms with E-state index in [0.717, 1.165) is 16.9 Å². The summed E-state index contributed by atoms with van der Waals surface area (Å²) in [5, 5.41) is 2.81. The highest BCUT2D eigenvalue weighted by molar-refractivity contribution is 7.89. The number of carbonyl (C=O) groups excluding carboxylic acids is 1. The predicted molar refractivity (Wildman–Crippen MR) is 130 cm³/mol. The molecule has 2 aromatic carbocycles. The fourth-order valence-electron chi connectivity index (χ4n) is 3.60. The van der Waals surface area contributed by atoms with E-state index in [1.165, 1.54) is 16.4 Å². The van der Waals surface area contributed by atoms with E-state index in [2.05, 4.69) is 19.2 Å². The summed E-state index contributed by atoms with van der Waals surface area (Å²) in [7, 11) is -3.54. The van der Waals surface area contributed by atoms with E-state index in [0.29, 0.717) is 38.6 Å². The molecule has 1 N–H and O–H groups in total. The molecule has 1 amide bonds. The molecular formula is C25H34N2O6S. The lowest BCUT2D eigenvalue weighted by atomic mass is 10.0. The van der Waals surface area contributed by atoms with Gasteiger partial charge in [0.1, 0.15) is 18.1 Å². The Morgan fingerprint density at radius 2 is 1.76 bits per heavy atom. The zero-order valence-electron chi connectivity index (χ0n) is 20.2. The van der Waals surface area contributed by atoms with Crippen LogP contribution in [0.25, 0.3) is 0 Å². The Morgan fingerprint density at radius 3 is 2.41 bits per heavy atom. The third-order valence-electron chi connectivity index (χ3n) is 5.57. The van der Waals surface area contributed by atoms with E-state index >= 15 is 0 Å². The van der Waals surface area contributed by atoms with Gasteiger partial charge in [0.05, 0.1) is 24.7 Å². The van der Waals surface area contributed by atoms with Gasteiger partial charge in [-0.05, 0) is 61.2 Å². The average molecular weight is 491 g/mol. The van der Waals surface area contributed by atoms with Crippen LogP contribution in [0.5, 0.6) is 11.5 Å². The number of hydrogen-bond acceptors (Lipinski definition) is 6. The van der Waals surface area contributed by atoms with E-state index in [4.69, 9.17) is 14.2 Å². The molecule has 1 aliphatic rings. The minimum absolute atomic E-state index is 0.220. The fraction of sp³-hybridized carbons (Fsp3) is 0.480. The van der Waals surface area contributed by atoms with Crippen molar-refractivity contribution in [3.8, 4) is 11.5 Å². The minimum atomic E-state index is -3.54. The molecule has 1 heterocycles. The summed E-state index contributed by atoms with van der Waals surface area (Å²) < 4.78 is 43.6. The zero-order chi connectivity index (χ0) is 24.7. The van der Waals surface area contributed by atoms with Gasteiger partial charge in [0, 0.05) is 13.1 Å². The van der Waals surface area contributed by atoms with Crippen molar-refractivity contribution in [3.63, 3.8) is 0 Å². The van der Waals surface area contributed by atoms with Gasteiger partial charge >= 0.3 is 0 Å². The van der Waals surface area contributed by atoms with Gasteiger partial charge in [-0.15, -0.1) is 0 Å². The number of sulfonamides is 1. The SMILES string of the molecule is Cc1ccc(C(C)C)c(O[C@@H](C)C(=O)NCCOc2ccc(S(=O)(=O)N3CCOCC3)cc2)c1. The monoisotopic (exact) mass is 490 g/mol. The second-order valence-corrected chi connectivity index (χ2v) is 10.5. The van der Waals surface area contributed by atoms with Crippen LogP contribution in [0, 0.1) is 6.92 Å². The van der Waals surface area contributed by atoms with Crippen molar-refractivity contribution >= 4 is 15.9 Å². The van der Waals surface area contributed by atoms with Crippen LogP contribution in [0.4, 0.5) is 0 Å². The van der Waals surface area contributed by atoms with Gasteiger partial charge in [0.25, 0.3) is 5.91 Å². The van der Waals surface area contributed by atoms with Crippen LogP contribution in [0.3, 0.4) is 0 Å². The van der Waals surface area contributed by atoms with Crippen molar-refractivity contribution in [2.75, 3.05) is 39.5 Å². The average Bonchev–Trinajstić information content (AvgIpc) is 2.82. The molecule has 2 aromatic rings. The number of ether oxygens (including phenoxy) is 3. The summed E-state index contributed by atoms with van der Waals surface area (Å²) in [6.45, 7) is 9.94. The standard InChI is InChI=1S/C25H34N2O6S/c1-18(2)23-10-5-19(3)17-24(23)33-20(4)25(28)26-11-14-32-21-6-8-22(9-7-21)34(29,30)27-12-15-31-16-13-27/h5-10,17-18,20H,11-16H2,1-4H3,(H,26,28)/t20-/m0/s1. The molecule has 0 aliphatic carbocycles. The second kappa shape index (κ2) is 11.7. The number of hydrogen-bond donors (Lipinski definition) is 1. The Morgan fingerprint density at radius 1 is 1.09 bits per heavy atom. The Labute approximate surface area is 202 Å². The molecule has 0 radical (unpaired) electrons. The number of amides is 1. The number of morpholine rings is 1. The predicted octanol–water partition coefficient (Wildman–Crippen LogP) is 3.10. The van der Waals surface area contributed by atoms with E-state index in [9.17, 15) is 13.2 Å². The summed E-state index contributed by atoms with van der Waals surface area (Å²) in [6, 6.07) is 12.3. The first-order valence-corrected chi connectivity index (χ1v) is 13.0. The molecule has 1 saturated heterocycles. The molecule has 0 aromatic heterocycles. The molecule has 9 heteroatoms. The molecule has 8 nitrogen and oxygen atoms in total. The molecule has 1 fully saturated rings. The van der Waals surface area contributed by atoms with Crippen molar-refractivity contribution in [1.82, 2.24) is 9.62 Å². The smallest absolute Gasteiger partial charge is 0.260 e. The highest BCUT2D eigenvalue weighted by Crippen LogP contribution is 2.28. The van der Waals surface area contributed by atoms with Gasteiger partial charge in [0.2, 0.25) is 10.0 Å². The first-order chi connectivity index (χ1) is 16.2. The van der Waals surface area contributed by atoms with Gasteiger partial charge in [-0.25, -0.2) is 8.42 Å². The van der Waals surface area contributed by atoms with E-state index in [1.807, 2.05) is 25.1 Å². The van der Waals surface area contributed by atoms with Gasteiger partial charge in [-0.3, -0.25) is 4.79 Å². The Hall–Kier alpha value is -2.62. The molecule has 1 atom stereocenters. The quantitative estimate of drug-likeness (QED) is 0.515. The molecular weight excluding hydrogens is 456 g/mol. The Bertz CT molecular complexity index is 1060. The van der Waals surface area contributed by atoms with E-state index in [-0.39, 0.29) is 23.3 Å². The maximum atomic E-state index is 12.7. The highest BCUT2D eigenvalue weighted by Gasteiger charge is 2.26. The van der Waals surface area contributed by atoms with Gasteiger partial charge in [-0.1, -0.05) is 26.0 Å². The maximum Gasteiger partial charge on any atom is 0.260 e.